The second-order valence-corrected chi connectivity index (χ2v) is 6.54. The predicted octanol–water partition coefficient (Wildman–Crippen LogP) is 2.67. The molecule has 0 aliphatic rings. The van der Waals surface area contributed by atoms with Gasteiger partial charge < -0.3 is 9.73 Å². The molecule has 1 amide bonds. The Morgan fingerprint density at radius 2 is 1.90 bits per heavy atom. The highest BCUT2D eigenvalue weighted by Gasteiger charge is 2.11. The maximum atomic E-state index is 11.9. The van der Waals surface area contributed by atoms with Crippen LogP contribution in [-0.2, 0) is 10.0 Å². The predicted molar refractivity (Wildman–Crippen MR) is 79.3 cm³/mol. The highest BCUT2D eigenvalue weighted by molar-refractivity contribution is 9.10. The first-order chi connectivity index (χ1) is 9.33. The molecule has 1 aromatic heterocycles. The monoisotopic (exact) mass is 358 g/mol. The minimum absolute atomic E-state index is 0.151. The smallest absolute Gasteiger partial charge is 0.291 e. The van der Waals surface area contributed by atoms with Crippen molar-refractivity contribution in [2.75, 3.05) is 16.3 Å². The van der Waals surface area contributed by atoms with Crippen LogP contribution < -0.4 is 10.0 Å². The summed E-state index contributed by atoms with van der Waals surface area (Å²) in [4.78, 5) is 11.9. The van der Waals surface area contributed by atoms with Crippen molar-refractivity contribution in [1.82, 2.24) is 0 Å². The maximum Gasteiger partial charge on any atom is 0.291 e. The summed E-state index contributed by atoms with van der Waals surface area (Å²) in [6.45, 7) is 0. The standard InChI is InChI=1S/C12H11BrN2O4S/c1-20(17,18)15-9-4-2-3-8(7-9)14-12(16)10-5-6-11(13)19-10/h2-7,15H,1H3,(H,14,16). The second kappa shape index (κ2) is 5.68. The molecule has 0 bridgehead atoms. The van der Waals surface area contributed by atoms with E-state index in [0.29, 0.717) is 16.0 Å². The first kappa shape index (κ1) is 14.6. The number of carbonyl (C=O) groups is 1. The average molecular weight is 359 g/mol. The number of hydrogen-bond acceptors (Lipinski definition) is 4. The Morgan fingerprint density at radius 3 is 2.50 bits per heavy atom. The molecule has 0 saturated carbocycles. The molecule has 0 unspecified atom stereocenters. The summed E-state index contributed by atoms with van der Waals surface area (Å²) in [5.41, 5.74) is 0.821. The Labute approximate surface area is 124 Å². The lowest BCUT2D eigenvalue weighted by Gasteiger charge is -2.07. The molecule has 2 aromatic rings. The van der Waals surface area contributed by atoms with Crippen LogP contribution in [-0.4, -0.2) is 20.6 Å². The zero-order valence-electron chi connectivity index (χ0n) is 10.4. The van der Waals surface area contributed by atoms with Gasteiger partial charge in [-0.05, 0) is 46.3 Å². The maximum absolute atomic E-state index is 11.9. The summed E-state index contributed by atoms with van der Waals surface area (Å²) >= 11 is 3.11. The molecule has 1 aromatic carbocycles. The van der Waals surface area contributed by atoms with Gasteiger partial charge in [0.05, 0.1) is 11.9 Å². The van der Waals surface area contributed by atoms with Gasteiger partial charge in [-0.15, -0.1) is 0 Å². The largest absolute Gasteiger partial charge is 0.444 e. The molecule has 8 heteroatoms. The number of furan rings is 1. The van der Waals surface area contributed by atoms with Crippen LogP contribution in [0.4, 0.5) is 11.4 Å². The average Bonchev–Trinajstić information content (AvgIpc) is 2.74. The molecule has 20 heavy (non-hydrogen) atoms. The highest BCUT2D eigenvalue weighted by atomic mass is 79.9. The van der Waals surface area contributed by atoms with Crippen LogP contribution in [0.1, 0.15) is 10.6 Å². The molecule has 0 saturated heterocycles. The number of benzene rings is 1. The quantitative estimate of drug-likeness (QED) is 0.879. The van der Waals surface area contributed by atoms with Crippen molar-refractivity contribution in [3.63, 3.8) is 0 Å². The summed E-state index contributed by atoms with van der Waals surface area (Å²) in [6.07, 6.45) is 1.05. The fraction of sp³-hybridized carbons (Fsp3) is 0.0833. The van der Waals surface area contributed by atoms with E-state index < -0.39 is 15.9 Å². The Hall–Kier alpha value is -1.80. The topological polar surface area (TPSA) is 88.4 Å². The van der Waals surface area contributed by atoms with E-state index in [9.17, 15) is 13.2 Å². The Morgan fingerprint density at radius 1 is 1.20 bits per heavy atom. The minimum atomic E-state index is -3.36. The number of nitrogens with one attached hydrogen (secondary N) is 2. The molecule has 2 rings (SSSR count). The molecule has 0 fully saturated rings. The molecule has 0 radical (unpaired) electrons. The Kier molecular flexibility index (Phi) is 4.15. The third-order valence-corrected chi connectivity index (χ3v) is 3.25. The van der Waals surface area contributed by atoms with Crippen molar-refractivity contribution in [3.8, 4) is 0 Å². The van der Waals surface area contributed by atoms with E-state index >= 15 is 0 Å². The van der Waals surface area contributed by atoms with Crippen LogP contribution in [0.5, 0.6) is 0 Å². The lowest BCUT2D eigenvalue weighted by molar-refractivity contribution is 0.0995. The van der Waals surface area contributed by atoms with Crippen LogP contribution in [0, 0.1) is 0 Å². The lowest BCUT2D eigenvalue weighted by atomic mass is 10.3. The molecule has 6 nitrogen and oxygen atoms in total. The van der Waals surface area contributed by atoms with Crippen molar-refractivity contribution in [2.45, 2.75) is 0 Å². The summed E-state index contributed by atoms with van der Waals surface area (Å²) in [6, 6.07) is 9.50. The van der Waals surface area contributed by atoms with Gasteiger partial charge in [-0.1, -0.05) is 6.07 Å². The first-order valence-corrected chi connectivity index (χ1v) is 8.16. The zero-order chi connectivity index (χ0) is 14.8. The first-order valence-electron chi connectivity index (χ1n) is 5.48. The summed E-state index contributed by atoms with van der Waals surface area (Å²) in [7, 11) is -3.36. The molecule has 0 aliphatic heterocycles. The third kappa shape index (κ3) is 4.10. The van der Waals surface area contributed by atoms with Crippen molar-refractivity contribution < 1.29 is 17.6 Å². The molecular weight excluding hydrogens is 348 g/mol. The van der Waals surface area contributed by atoms with Gasteiger partial charge in [-0.25, -0.2) is 8.42 Å². The fourth-order valence-electron chi connectivity index (χ4n) is 1.50. The van der Waals surface area contributed by atoms with Crippen molar-refractivity contribution in [3.05, 3.63) is 46.8 Å². The zero-order valence-corrected chi connectivity index (χ0v) is 12.8. The van der Waals surface area contributed by atoms with E-state index in [-0.39, 0.29) is 5.76 Å². The van der Waals surface area contributed by atoms with Crippen molar-refractivity contribution in [2.24, 2.45) is 0 Å². The van der Waals surface area contributed by atoms with Gasteiger partial charge >= 0.3 is 0 Å². The SMILES string of the molecule is CS(=O)(=O)Nc1cccc(NC(=O)c2ccc(Br)o2)c1. The fourth-order valence-corrected chi connectivity index (χ4v) is 2.37. The van der Waals surface area contributed by atoms with Gasteiger partial charge in [0.1, 0.15) is 0 Å². The lowest BCUT2D eigenvalue weighted by Crippen LogP contribution is -2.12. The van der Waals surface area contributed by atoms with Crippen molar-refractivity contribution >= 4 is 43.2 Å². The summed E-state index contributed by atoms with van der Waals surface area (Å²) in [5.74, 6) is -0.273. The van der Waals surface area contributed by atoms with E-state index in [0.717, 1.165) is 6.26 Å². The van der Waals surface area contributed by atoms with Crippen LogP contribution in [0.2, 0.25) is 0 Å². The van der Waals surface area contributed by atoms with Gasteiger partial charge in [-0.2, -0.15) is 0 Å². The number of amides is 1. The number of anilines is 2. The molecule has 0 atom stereocenters. The molecule has 1 heterocycles. The number of rotatable bonds is 4. The van der Waals surface area contributed by atoms with E-state index in [1.165, 1.54) is 12.1 Å². The van der Waals surface area contributed by atoms with Crippen LogP contribution in [0.25, 0.3) is 0 Å². The summed E-state index contributed by atoms with van der Waals surface area (Å²) in [5, 5.41) is 2.61. The van der Waals surface area contributed by atoms with Gasteiger partial charge in [-0.3, -0.25) is 9.52 Å². The minimum Gasteiger partial charge on any atom is -0.444 e. The molecule has 106 valence electrons. The highest BCUT2D eigenvalue weighted by Crippen LogP contribution is 2.19. The molecule has 0 spiro atoms. The molecule has 2 N–H and O–H groups in total. The third-order valence-electron chi connectivity index (χ3n) is 2.22. The summed E-state index contributed by atoms with van der Waals surface area (Å²) < 4.78 is 30.2. The van der Waals surface area contributed by atoms with Crippen LogP contribution in [0.15, 0.2) is 45.5 Å². The number of halogens is 1. The van der Waals surface area contributed by atoms with Gasteiger partial charge in [0, 0.05) is 5.69 Å². The van der Waals surface area contributed by atoms with E-state index in [4.69, 9.17) is 4.42 Å². The normalized spacial score (nSPS) is 11.1. The van der Waals surface area contributed by atoms with Gasteiger partial charge in [0.2, 0.25) is 10.0 Å². The second-order valence-electron chi connectivity index (χ2n) is 4.01. The molecule has 0 aliphatic carbocycles. The van der Waals surface area contributed by atoms with E-state index in [1.807, 2.05) is 0 Å². The Bertz CT molecular complexity index is 739. The number of hydrogen-bond donors (Lipinski definition) is 2. The van der Waals surface area contributed by atoms with Gasteiger partial charge in [0.25, 0.3) is 5.91 Å². The van der Waals surface area contributed by atoms with E-state index in [2.05, 4.69) is 26.0 Å². The van der Waals surface area contributed by atoms with E-state index in [1.54, 1.807) is 24.3 Å². The molecular formula is C12H11BrN2O4S. The van der Waals surface area contributed by atoms with Crippen LogP contribution in [0.3, 0.4) is 0 Å². The Balaban J connectivity index is 2.14. The van der Waals surface area contributed by atoms with Crippen molar-refractivity contribution in [1.29, 1.82) is 0 Å². The number of carbonyl (C=O) groups excluding carboxylic acids is 1. The number of sulfonamides is 1. The van der Waals surface area contributed by atoms with Gasteiger partial charge in [0.15, 0.2) is 10.4 Å². The van der Waals surface area contributed by atoms with Crippen LogP contribution >= 0.6 is 15.9 Å².